The molecular formula is C20H31N. The summed E-state index contributed by atoms with van der Waals surface area (Å²) in [4.78, 5) is 0. The SMILES string of the molecule is Cc1ccc(C2CNCCC23CCC(C)(C)CC3C)cc1. The molecule has 2 fully saturated rings. The molecule has 1 nitrogen and oxygen atoms in total. The Kier molecular flexibility index (Phi) is 3.90. The molecular weight excluding hydrogens is 254 g/mol. The summed E-state index contributed by atoms with van der Waals surface area (Å²) in [6.07, 6.45) is 5.53. The molecule has 1 aliphatic carbocycles. The van der Waals surface area contributed by atoms with Crippen LogP contribution in [0, 0.1) is 23.7 Å². The third-order valence-corrected chi connectivity index (χ3v) is 6.40. The zero-order valence-electron chi connectivity index (χ0n) is 14.2. The van der Waals surface area contributed by atoms with Crippen LogP contribution in [0.5, 0.6) is 0 Å². The minimum atomic E-state index is 0.524. The van der Waals surface area contributed by atoms with Gasteiger partial charge >= 0.3 is 0 Å². The molecule has 116 valence electrons. The Morgan fingerprint density at radius 2 is 1.76 bits per heavy atom. The van der Waals surface area contributed by atoms with Gasteiger partial charge in [-0.3, -0.25) is 0 Å². The fraction of sp³-hybridized carbons (Fsp3) is 0.700. The number of hydrogen-bond donors (Lipinski definition) is 1. The van der Waals surface area contributed by atoms with Gasteiger partial charge in [0.05, 0.1) is 0 Å². The smallest absolute Gasteiger partial charge is 0.00256 e. The van der Waals surface area contributed by atoms with Crippen molar-refractivity contribution in [2.45, 2.75) is 59.3 Å². The van der Waals surface area contributed by atoms with Crippen LogP contribution in [-0.2, 0) is 0 Å². The van der Waals surface area contributed by atoms with E-state index in [0.717, 1.165) is 12.5 Å². The third kappa shape index (κ3) is 2.77. The van der Waals surface area contributed by atoms with Crippen LogP contribution in [-0.4, -0.2) is 13.1 Å². The predicted octanol–water partition coefficient (Wildman–Crippen LogP) is 4.90. The van der Waals surface area contributed by atoms with Gasteiger partial charge in [-0.1, -0.05) is 50.6 Å². The van der Waals surface area contributed by atoms with Crippen molar-refractivity contribution in [3.63, 3.8) is 0 Å². The fourth-order valence-electron chi connectivity index (χ4n) is 5.03. The first kappa shape index (κ1) is 15.1. The number of hydrogen-bond acceptors (Lipinski definition) is 1. The van der Waals surface area contributed by atoms with Gasteiger partial charge in [-0.2, -0.15) is 0 Å². The summed E-state index contributed by atoms with van der Waals surface area (Å²) in [6, 6.07) is 9.33. The summed E-state index contributed by atoms with van der Waals surface area (Å²) in [7, 11) is 0. The van der Waals surface area contributed by atoms with Crippen molar-refractivity contribution >= 4 is 0 Å². The highest BCUT2D eigenvalue weighted by molar-refractivity contribution is 5.28. The minimum Gasteiger partial charge on any atom is -0.316 e. The molecule has 3 rings (SSSR count). The van der Waals surface area contributed by atoms with Crippen molar-refractivity contribution in [3.8, 4) is 0 Å². The Hall–Kier alpha value is -0.820. The van der Waals surface area contributed by atoms with E-state index in [9.17, 15) is 0 Å². The molecule has 0 bridgehead atoms. The lowest BCUT2D eigenvalue weighted by atomic mass is 9.52. The average Bonchev–Trinajstić information content (AvgIpc) is 2.45. The lowest BCUT2D eigenvalue weighted by Gasteiger charge is -2.55. The summed E-state index contributed by atoms with van der Waals surface area (Å²) >= 11 is 0. The quantitative estimate of drug-likeness (QED) is 0.773. The van der Waals surface area contributed by atoms with E-state index < -0.39 is 0 Å². The van der Waals surface area contributed by atoms with Gasteiger partial charge in [0.15, 0.2) is 0 Å². The maximum atomic E-state index is 3.66. The van der Waals surface area contributed by atoms with E-state index in [0.29, 0.717) is 16.7 Å². The van der Waals surface area contributed by atoms with Crippen LogP contribution in [0.2, 0.25) is 0 Å². The lowest BCUT2D eigenvalue weighted by molar-refractivity contribution is -0.00701. The summed E-state index contributed by atoms with van der Waals surface area (Å²) in [5.41, 5.74) is 3.98. The normalized spacial score (nSPS) is 35.8. The van der Waals surface area contributed by atoms with Crippen LogP contribution < -0.4 is 5.32 Å². The molecule has 1 aromatic carbocycles. The summed E-state index contributed by atoms with van der Waals surface area (Å²) < 4.78 is 0. The van der Waals surface area contributed by atoms with Crippen molar-refractivity contribution in [1.29, 1.82) is 0 Å². The molecule has 3 unspecified atom stereocenters. The van der Waals surface area contributed by atoms with Crippen molar-refractivity contribution in [3.05, 3.63) is 35.4 Å². The van der Waals surface area contributed by atoms with Crippen molar-refractivity contribution in [2.75, 3.05) is 13.1 Å². The Balaban J connectivity index is 1.92. The molecule has 0 amide bonds. The molecule has 1 saturated carbocycles. The topological polar surface area (TPSA) is 12.0 Å². The molecule has 0 aromatic heterocycles. The molecule has 21 heavy (non-hydrogen) atoms. The second-order valence-corrected chi connectivity index (χ2v) is 8.42. The Labute approximate surface area is 130 Å². The lowest BCUT2D eigenvalue weighted by Crippen LogP contribution is -2.50. The van der Waals surface area contributed by atoms with E-state index in [4.69, 9.17) is 0 Å². The van der Waals surface area contributed by atoms with Crippen LogP contribution in [0.3, 0.4) is 0 Å². The highest BCUT2D eigenvalue weighted by Crippen LogP contribution is 2.57. The Morgan fingerprint density at radius 3 is 2.43 bits per heavy atom. The molecule has 1 heterocycles. The molecule has 1 aliphatic heterocycles. The number of aryl methyl sites for hydroxylation is 1. The molecule has 2 aliphatic rings. The molecule has 1 N–H and O–H groups in total. The first-order valence-corrected chi connectivity index (χ1v) is 8.70. The number of nitrogens with one attached hydrogen (secondary N) is 1. The van der Waals surface area contributed by atoms with Crippen LogP contribution in [0.4, 0.5) is 0 Å². The van der Waals surface area contributed by atoms with Gasteiger partial charge in [0.2, 0.25) is 0 Å². The second-order valence-electron chi connectivity index (χ2n) is 8.42. The van der Waals surface area contributed by atoms with Gasteiger partial charge < -0.3 is 5.32 Å². The third-order valence-electron chi connectivity index (χ3n) is 6.40. The molecule has 1 aromatic rings. The van der Waals surface area contributed by atoms with Gasteiger partial charge in [-0.15, -0.1) is 0 Å². The second kappa shape index (κ2) is 5.43. The van der Waals surface area contributed by atoms with E-state index in [2.05, 4.69) is 57.3 Å². The highest BCUT2D eigenvalue weighted by atomic mass is 14.9. The summed E-state index contributed by atoms with van der Waals surface area (Å²) in [6.45, 7) is 12.0. The van der Waals surface area contributed by atoms with Gasteiger partial charge in [-0.05, 0) is 61.5 Å². The summed E-state index contributed by atoms with van der Waals surface area (Å²) in [5.74, 6) is 1.52. The first-order valence-electron chi connectivity index (χ1n) is 8.70. The van der Waals surface area contributed by atoms with Gasteiger partial charge in [0, 0.05) is 12.5 Å². The maximum absolute atomic E-state index is 3.66. The molecule has 1 heteroatoms. The summed E-state index contributed by atoms with van der Waals surface area (Å²) in [5, 5.41) is 3.66. The standard InChI is InChI=1S/C20H31N/c1-15-5-7-17(8-6-15)18-14-21-12-11-20(18)10-9-19(3,4)13-16(20)2/h5-8,16,18,21H,9-14H2,1-4H3. The van der Waals surface area contributed by atoms with Crippen LogP contribution in [0.1, 0.15) is 63.5 Å². The number of rotatable bonds is 1. The molecule has 0 radical (unpaired) electrons. The van der Waals surface area contributed by atoms with E-state index >= 15 is 0 Å². The monoisotopic (exact) mass is 285 g/mol. The van der Waals surface area contributed by atoms with E-state index in [1.165, 1.54) is 37.8 Å². The minimum absolute atomic E-state index is 0.524. The van der Waals surface area contributed by atoms with Gasteiger partial charge in [-0.25, -0.2) is 0 Å². The van der Waals surface area contributed by atoms with Gasteiger partial charge in [0.25, 0.3) is 0 Å². The van der Waals surface area contributed by atoms with E-state index in [1.54, 1.807) is 5.56 Å². The van der Waals surface area contributed by atoms with E-state index in [1.807, 2.05) is 0 Å². The molecule has 1 spiro atoms. The Bertz CT molecular complexity index is 487. The zero-order chi connectivity index (χ0) is 15.1. The predicted molar refractivity (Wildman–Crippen MR) is 90.6 cm³/mol. The van der Waals surface area contributed by atoms with Gasteiger partial charge in [0.1, 0.15) is 0 Å². The maximum Gasteiger partial charge on any atom is 0.00256 e. The van der Waals surface area contributed by atoms with Crippen LogP contribution in [0.25, 0.3) is 0 Å². The first-order chi connectivity index (χ1) is 9.93. The number of piperidine rings is 1. The zero-order valence-corrected chi connectivity index (χ0v) is 14.2. The van der Waals surface area contributed by atoms with Crippen LogP contribution >= 0.6 is 0 Å². The molecule has 1 saturated heterocycles. The average molecular weight is 285 g/mol. The van der Waals surface area contributed by atoms with Crippen molar-refractivity contribution in [1.82, 2.24) is 5.32 Å². The van der Waals surface area contributed by atoms with E-state index in [-0.39, 0.29) is 0 Å². The highest BCUT2D eigenvalue weighted by Gasteiger charge is 2.49. The largest absolute Gasteiger partial charge is 0.316 e. The van der Waals surface area contributed by atoms with Crippen LogP contribution in [0.15, 0.2) is 24.3 Å². The van der Waals surface area contributed by atoms with Crippen molar-refractivity contribution < 1.29 is 0 Å². The van der Waals surface area contributed by atoms with Crippen molar-refractivity contribution in [2.24, 2.45) is 16.7 Å². The Morgan fingerprint density at radius 1 is 1.05 bits per heavy atom. The molecule has 3 atom stereocenters. The number of benzene rings is 1. The fourth-order valence-corrected chi connectivity index (χ4v) is 5.03.